The number of H-pyrrole nitrogens is 1. The molecule has 1 N–H and O–H groups in total. The highest BCUT2D eigenvalue weighted by molar-refractivity contribution is 6.32. The summed E-state index contributed by atoms with van der Waals surface area (Å²) in [5, 5.41) is 0.264. The topological polar surface area (TPSA) is 59.4 Å². The first-order chi connectivity index (χ1) is 14.1. The largest absolute Gasteiger partial charge is 0.468 e. The lowest BCUT2D eigenvalue weighted by Gasteiger charge is -2.23. The number of ether oxygens (including phenoxy) is 1. The van der Waals surface area contributed by atoms with Crippen molar-refractivity contribution in [2.45, 2.75) is 25.4 Å². The minimum absolute atomic E-state index is 0.0818. The number of hydrogen-bond acceptors (Lipinski definition) is 3. The van der Waals surface area contributed by atoms with E-state index in [1.54, 1.807) is 13.8 Å². The van der Waals surface area contributed by atoms with Crippen molar-refractivity contribution in [2.24, 2.45) is 0 Å². The van der Waals surface area contributed by atoms with E-state index < -0.39 is 28.3 Å². The third-order valence-corrected chi connectivity index (χ3v) is 5.47. The van der Waals surface area contributed by atoms with Crippen LogP contribution >= 0.6 is 11.6 Å². The SMILES string of the molecule is COC(=O)C(C)(C)c1[nH]c2ccccc2c1-c1cc(Cl)c(C(F)(F)F)n2ccnc12. The summed E-state index contributed by atoms with van der Waals surface area (Å²) >= 11 is 6.10. The second-order valence-electron chi connectivity index (χ2n) is 7.41. The molecule has 0 saturated heterocycles. The van der Waals surface area contributed by atoms with Crippen LogP contribution in [-0.4, -0.2) is 27.4 Å². The van der Waals surface area contributed by atoms with Gasteiger partial charge in [0, 0.05) is 40.1 Å². The molecule has 0 spiro atoms. The Morgan fingerprint density at radius 1 is 1.23 bits per heavy atom. The molecule has 0 fully saturated rings. The minimum atomic E-state index is -4.66. The van der Waals surface area contributed by atoms with Gasteiger partial charge in [-0.15, -0.1) is 0 Å². The van der Waals surface area contributed by atoms with E-state index in [-0.39, 0.29) is 5.65 Å². The Morgan fingerprint density at radius 2 is 1.93 bits per heavy atom. The third-order valence-electron chi connectivity index (χ3n) is 5.18. The molecule has 0 saturated carbocycles. The van der Waals surface area contributed by atoms with Gasteiger partial charge in [-0.2, -0.15) is 13.2 Å². The number of halogens is 4. The van der Waals surface area contributed by atoms with Gasteiger partial charge < -0.3 is 9.72 Å². The number of aromatic nitrogens is 3. The molecular formula is C21H17ClF3N3O2. The number of rotatable bonds is 3. The Hall–Kier alpha value is -3.00. The van der Waals surface area contributed by atoms with Gasteiger partial charge in [0.25, 0.3) is 0 Å². The van der Waals surface area contributed by atoms with Gasteiger partial charge in [-0.25, -0.2) is 4.98 Å². The molecule has 4 aromatic rings. The van der Waals surface area contributed by atoms with Crippen molar-refractivity contribution < 1.29 is 22.7 Å². The maximum atomic E-state index is 13.6. The smallest absolute Gasteiger partial charge is 0.433 e. The molecule has 4 rings (SSSR count). The molecule has 0 aliphatic carbocycles. The van der Waals surface area contributed by atoms with Crippen molar-refractivity contribution >= 4 is 34.1 Å². The average molecular weight is 436 g/mol. The average Bonchev–Trinajstić information content (AvgIpc) is 3.30. The molecule has 3 heterocycles. The summed E-state index contributed by atoms with van der Waals surface area (Å²) in [6.07, 6.45) is -2.17. The Labute approximate surface area is 174 Å². The number of aromatic amines is 1. The van der Waals surface area contributed by atoms with Crippen LogP contribution in [0.1, 0.15) is 25.2 Å². The standard InChI is InChI=1S/C21H17ClF3N3O2/c1-20(2,19(29)30-3)16-15(11-6-4-5-7-14(11)27-16)12-10-13(22)17(21(23,24)25)28-9-8-26-18(12)28/h4-10,27H,1-3H3. The fraction of sp³-hybridized carbons (Fsp3) is 0.238. The number of alkyl halides is 3. The number of carbonyl (C=O) groups is 1. The van der Waals surface area contributed by atoms with Gasteiger partial charge in [0.15, 0.2) is 0 Å². The second kappa shape index (κ2) is 6.77. The summed E-state index contributed by atoms with van der Waals surface area (Å²) in [6.45, 7) is 3.36. The number of para-hydroxylation sites is 1. The summed E-state index contributed by atoms with van der Waals surface area (Å²) in [4.78, 5) is 19.9. The van der Waals surface area contributed by atoms with Crippen molar-refractivity contribution in [1.82, 2.24) is 14.4 Å². The number of carbonyl (C=O) groups excluding carboxylic acids is 1. The minimum Gasteiger partial charge on any atom is -0.468 e. The lowest BCUT2D eigenvalue weighted by molar-refractivity contribution is -0.146. The maximum Gasteiger partial charge on any atom is 0.433 e. The summed E-state index contributed by atoms with van der Waals surface area (Å²) in [6, 6.07) is 8.53. The first-order valence-corrected chi connectivity index (χ1v) is 9.38. The number of nitrogens with one attached hydrogen (secondary N) is 1. The van der Waals surface area contributed by atoms with E-state index in [9.17, 15) is 18.0 Å². The quantitative estimate of drug-likeness (QED) is 0.426. The fourth-order valence-electron chi connectivity index (χ4n) is 3.76. The molecule has 0 aliphatic rings. The van der Waals surface area contributed by atoms with E-state index in [4.69, 9.17) is 16.3 Å². The monoisotopic (exact) mass is 435 g/mol. The van der Waals surface area contributed by atoms with Crippen LogP contribution in [0.25, 0.3) is 27.7 Å². The van der Waals surface area contributed by atoms with Crippen LogP contribution in [0.3, 0.4) is 0 Å². The molecule has 0 amide bonds. The number of methoxy groups -OCH3 is 1. The lowest BCUT2D eigenvalue weighted by atomic mass is 9.84. The molecule has 156 valence electrons. The van der Waals surface area contributed by atoms with Gasteiger partial charge in [0.05, 0.1) is 12.1 Å². The number of fused-ring (bicyclic) bond motifs is 2. The number of esters is 1. The van der Waals surface area contributed by atoms with Crippen LogP contribution in [0.2, 0.25) is 5.02 Å². The number of pyridine rings is 1. The van der Waals surface area contributed by atoms with E-state index >= 15 is 0 Å². The third kappa shape index (κ3) is 2.94. The van der Waals surface area contributed by atoms with Crippen molar-refractivity contribution in [3.8, 4) is 11.1 Å². The Morgan fingerprint density at radius 3 is 2.60 bits per heavy atom. The zero-order chi connectivity index (χ0) is 21.8. The van der Waals surface area contributed by atoms with Gasteiger partial charge in [0.2, 0.25) is 0 Å². The highest BCUT2D eigenvalue weighted by Crippen LogP contribution is 2.44. The summed E-state index contributed by atoms with van der Waals surface area (Å²) in [5.41, 5.74) is 0.112. The van der Waals surface area contributed by atoms with Gasteiger partial charge in [-0.3, -0.25) is 9.20 Å². The number of hydrogen-bond donors (Lipinski definition) is 1. The number of nitrogens with zero attached hydrogens (tertiary/aromatic N) is 2. The van der Waals surface area contributed by atoms with E-state index in [1.165, 1.54) is 25.6 Å². The van der Waals surface area contributed by atoms with E-state index in [0.29, 0.717) is 16.8 Å². The second-order valence-corrected chi connectivity index (χ2v) is 7.82. The van der Waals surface area contributed by atoms with Crippen LogP contribution in [0.4, 0.5) is 13.2 Å². The first kappa shape index (κ1) is 20.3. The van der Waals surface area contributed by atoms with Crippen LogP contribution in [0.15, 0.2) is 42.7 Å². The van der Waals surface area contributed by atoms with Gasteiger partial charge >= 0.3 is 12.1 Å². The van der Waals surface area contributed by atoms with Gasteiger partial charge in [0.1, 0.15) is 16.8 Å². The summed E-state index contributed by atoms with van der Waals surface area (Å²) in [5.74, 6) is -0.493. The van der Waals surface area contributed by atoms with Crippen molar-refractivity contribution in [3.63, 3.8) is 0 Å². The highest BCUT2D eigenvalue weighted by atomic mass is 35.5. The fourth-order valence-corrected chi connectivity index (χ4v) is 4.07. The maximum absolute atomic E-state index is 13.6. The molecule has 9 heteroatoms. The van der Waals surface area contributed by atoms with Crippen LogP contribution in [-0.2, 0) is 21.1 Å². The first-order valence-electron chi connectivity index (χ1n) is 9.00. The Kier molecular flexibility index (Phi) is 4.58. The van der Waals surface area contributed by atoms with Crippen LogP contribution in [0.5, 0.6) is 0 Å². The molecule has 0 bridgehead atoms. The molecule has 3 aromatic heterocycles. The zero-order valence-electron chi connectivity index (χ0n) is 16.3. The number of imidazole rings is 1. The number of benzene rings is 1. The summed E-state index contributed by atoms with van der Waals surface area (Å²) < 4.78 is 46.7. The Bertz CT molecular complexity index is 1290. The normalized spacial score (nSPS) is 12.6. The molecule has 0 unspecified atom stereocenters. The molecular weight excluding hydrogens is 419 g/mol. The molecule has 0 aliphatic heterocycles. The molecule has 5 nitrogen and oxygen atoms in total. The van der Waals surface area contributed by atoms with E-state index in [2.05, 4.69) is 9.97 Å². The highest BCUT2D eigenvalue weighted by Gasteiger charge is 2.39. The predicted molar refractivity (Wildman–Crippen MR) is 108 cm³/mol. The van der Waals surface area contributed by atoms with E-state index in [0.717, 1.165) is 15.3 Å². The molecule has 0 atom stereocenters. The van der Waals surface area contributed by atoms with Crippen molar-refractivity contribution in [3.05, 3.63) is 59.1 Å². The van der Waals surface area contributed by atoms with Crippen LogP contribution in [0, 0.1) is 0 Å². The molecule has 30 heavy (non-hydrogen) atoms. The van der Waals surface area contributed by atoms with E-state index in [1.807, 2.05) is 24.3 Å². The van der Waals surface area contributed by atoms with Crippen molar-refractivity contribution in [1.29, 1.82) is 0 Å². The van der Waals surface area contributed by atoms with Gasteiger partial charge in [-0.05, 0) is 26.0 Å². The lowest BCUT2D eigenvalue weighted by Crippen LogP contribution is -2.31. The zero-order valence-corrected chi connectivity index (χ0v) is 17.0. The van der Waals surface area contributed by atoms with Gasteiger partial charge in [-0.1, -0.05) is 29.8 Å². The molecule has 1 aromatic carbocycles. The molecule has 0 radical (unpaired) electrons. The summed E-state index contributed by atoms with van der Waals surface area (Å²) in [7, 11) is 1.29. The van der Waals surface area contributed by atoms with Crippen LogP contribution < -0.4 is 0 Å². The Balaban J connectivity index is 2.13. The predicted octanol–water partition coefficient (Wildman–Crippen LogP) is 5.61. The van der Waals surface area contributed by atoms with Crippen molar-refractivity contribution in [2.75, 3.05) is 7.11 Å².